The second-order valence-corrected chi connectivity index (χ2v) is 8.53. The predicted molar refractivity (Wildman–Crippen MR) is 139 cm³/mol. The van der Waals surface area contributed by atoms with Gasteiger partial charge in [0.2, 0.25) is 5.91 Å². The second-order valence-electron chi connectivity index (χ2n) is 8.53. The van der Waals surface area contributed by atoms with Crippen LogP contribution in [0.3, 0.4) is 0 Å². The number of para-hydroxylation sites is 1. The molecule has 0 unspecified atom stereocenters. The largest absolute Gasteiger partial charge is 0.497 e. The summed E-state index contributed by atoms with van der Waals surface area (Å²) < 4.78 is 18.1. The Bertz CT molecular complexity index is 1290. The Balaban J connectivity index is 1.51. The number of carbonyl (C=O) groups excluding carboxylic acids is 1. The molecule has 1 heterocycles. The van der Waals surface area contributed by atoms with E-state index in [1.165, 1.54) is 0 Å². The third-order valence-electron chi connectivity index (χ3n) is 6.39. The van der Waals surface area contributed by atoms with Gasteiger partial charge in [-0.2, -0.15) is 0 Å². The van der Waals surface area contributed by atoms with Gasteiger partial charge >= 0.3 is 0 Å². The molecule has 1 amide bonds. The van der Waals surface area contributed by atoms with Gasteiger partial charge in [-0.05, 0) is 53.4 Å². The van der Waals surface area contributed by atoms with Gasteiger partial charge in [-0.25, -0.2) is 0 Å². The number of aromatic nitrogens is 1. The van der Waals surface area contributed by atoms with E-state index in [-0.39, 0.29) is 11.8 Å². The number of ether oxygens (including phenoxy) is 3. The molecule has 1 atom stereocenters. The van der Waals surface area contributed by atoms with E-state index in [9.17, 15) is 4.79 Å². The molecule has 4 rings (SSSR count). The van der Waals surface area contributed by atoms with E-state index in [1.807, 2.05) is 61.6 Å². The molecule has 0 saturated carbocycles. The molecule has 0 bridgehead atoms. The standard InChI is InChI=1S/C29H32N2O4/c1-31-19-25(23-7-5-6-8-26(23)31)24(21-10-12-22(33-2)13-11-21)18-29(32)30-16-15-20-9-14-27(34-3)28(17-20)35-4/h5-14,17,19,24H,15-16,18H2,1-4H3,(H,30,32)/t24-/m1/s1. The molecule has 35 heavy (non-hydrogen) atoms. The highest BCUT2D eigenvalue weighted by atomic mass is 16.5. The number of nitrogens with zero attached hydrogens (tertiary/aromatic N) is 1. The van der Waals surface area contributed by atoms with Crippen molar-refractivity contribution in [2.45, 2.75) is 18.8 Å². The van der Waals surface area contributed by atoms with Gasteiger partial charge in [0.15, 0.2) is 11.5 Å². The molecule has 1 aromatic heterocycles. The Morgan fingerprint density at radius 1 is 0.914 bits per heavy atom. The fourth-order valence-electron chi connectivity index (χ4n) is 4.53. The summed E-state index contributed by atoms with van der Waals surface area (Å²) in [7, 11) is 6.94. The van der Waals surface area contributed by atoms with Crippen molar-refractivity contribution in [3.8, 4) is 17.2 Å². The Morgan fingerprint density at radius 3 is 2.37 bits per heavy atom. The SMILES string of the molecule is COc1ccc([C@@H](CC(=O)NCCc2ccc(OC)c(OC)c2)c2cn(C)c3ccccc23)cc1. The lowest BCUT2D eigenvalue weighted by Crippen LogP contribution is -2.27. The van der Waals surface area contributed by atoms with E-state index < -0.39 is 0 Å². The first kappa shape index (κ1) is 24.2. The number of aryl methyl sites for hydroxylation is 1. The van der Waals surface area contributed by atoms with E-state index in [1.54, 1.807) is 21.3 Å². The van der Waals surface area contributed by atoms with Crippen molar-refractivity contribution in [3.05, 3.63) is 89.6 Å². The van der Waals surface area contributed by atoms with Crippen LogP contribution in [0.4, 0.5) is 0 Å². The van der Waals surface area contributed by atoms with E-state index in [4.69, 9.17) is 14.2 Å². The maximum atomic E-state index is 13.1. The molecular formula is C29H32N2O4. The predicted octanol–water partition coefficient (Wildman–Crippen LogP) is 5.09. The summed E-state index contributed by atoms with van der Waals surface area (Å²) in [5.41, 5.74) is 4.44. The molecule has 6 nitrogen and oxygen atoms in total. The van der Waals surface area contributed by atoms with E-state index in [0.717, 1.165) is 33.3 Å². The van der Waals surface area contributed by atoms with Crippen LogP contribution in [0.25, 0.3) is 10.9 Å². The molecule has 0 saturated heterocycles. The molecule has 0 aliphatic rings. The first-order chi connectivity index (χ1) is 17.0. The van der Waals surface area contributed by atoms with Crippen molar-refractivity contribution in [2.75, 3.05) is 27.9 Å². The molecule has 3 aromatic carbocycles. The average Bonchev–Trinajstić information content (AvgIpc) is 3.23. The molecule has 182 valence electrons. The Morgan fingerprint density at radius 2 is 1.66 bits per heavy atom. The molecule has 0 aliphatic carbocycles. The average molecular weight is 473 g/mol. The van der Waals surface area contributed by atoms with Crippen LogP contribution in [0.5, 0.6) is 17.2 Å². The van der Waals surface area contributed by atoms with Crippen LogP contribution in [0.1, 0.15) is 29.0 Å². The lowest BCUT2D eigenvalue weighted by molar-refractivity contribution is -0.121. The van der Waals surface area contributed by atoms with Crippen LogP contribution in [-0.2, 0) is 18.3 Å². The van der Waals surface area contributed by atoms with Gasteiger partial charge < -0.3 is 24.1 Å². The topological polar surface area (TPSA) is 61.7 Å². The summed E-state index contributed by atoms with van der Waals surface area (Å²) in [5.74, 6) is 2.11. The number of nitrogens with one attached hydrogen (secondary N) is 1. The van der Waals surface area contributed by atoms with Gasteiger partial charge in [0.05, 0.1) is 21.3 Å². The van der Waals surface area contributed by atoms with Crippen LogP contribution >= 0.6 is 0 Å². The summed E-state index contributed by atoms with van der Waals surface area (Å²) >= 11 is 0. The molecular weight excluding hydrogens is 440 g/mol. The third kappa shape index (κ3) is 5.43. The second kappa shape index (κ2) is 11.0. The minimum absolute atomic E-state index is 0.0132. The highest BCUT2D eigenvalue weighted by Gasteiger charge is 2.22. The highest BCUT2D eigenvalue weighted by molar-refractivity contribution is 5.86. The molecule has 4 aromatic rings. The number of fused-ring (bicyclic) bond motifs is 1. The van der Waals surface area contributed by atoms with Crippen LogP contribution in [0.15, 0.2) is 72.9 Å². The van der Waals surface area contributed by atoms with Crippen molar-refractivity contribution in [2.24, 2.45) is 7.05 Å². The van der Waals surface area contributed by atoms with E-state index in [0.29, 0.717) is 30.9 Å². The molecule has 6 heteroatoms. The van der Waals surface area contributed by atoms with Crippen molar-refractivity contribution in [1.82, 2.24) is 9.88 Å². The number of methoxy groups -OCH3 is 3. The van der Waals surface area contributed by atoms with Crippen LogP contribution < -0.4 is 19.5 Å². The molecule has 0 fully saturated rings. The van der Waals surface area contributed by atoms with Gasteiger partial charge in [-0.3, -0.25) is 4.79 Å². The maximum absolute atomic E-state index is 13.1. The fourth-order valence-corrected chi connectivity index (χ4v) is 4.53. The van der Waals surface area contributed by atoms with Gasteiger partial charge in [-0.15, -0.1) is 0 Å². The highest BCUT2D eigenvalue weighted by Crippen LogP contribution is 2.35. The first-order valence-corrected chi connectivity index (χ1v) is 11.7. The molecule has 0 radical (unpaired) electrons. The van der Waals surface area contributed by atoms with Crippen LogP contribution in [0.2, 0.25) is 0 Å². The molecule has 1 N–H and O–H groups in total. The Hall–Kier alpha value is -3.93. The monoisotopic (exact) mass is 472 g/mol. The van der Waals surface area contributed by atoms with Crippen molar-refractivity contribution in [3.63, 3.8) is 0 Å². The zero-order valence-electron chi connectivity index (χ0n) is 20.7. The zero-order valence-corrected chi connectivity index (χ0v) is 20.7. The van der Waals surface area contributed by atoms with Crippen molar-refractivity contribution < 1.29 is 19.0 Å². The smallest absolute Gasteiger partial charge is 0.220 e. The summed E-state index contributed by atoms with van der Waals surface area (Å²) in [5, 5.41) is 4.26. The first-order valence-electron chi connectivity index (χ1n) is 11.7. The molecule has 0 aliphatic heterocycles. The number of carbonyl (C=O) groups is 1. The van der Waals surface area contributed by atoms with Crippen LogP contribution in [-0.4, -0.2) is 38.3 Å². The lowest BCUT2D eigenvalue weighted by Gasteiger charge is -2.18. The van der Waals surface area contributed by atoms with E-state index in [2.05, 4.69) is 28.2 Å². The Labute approximate surface area is 206 Å². The van der Waals surface area contributed by atoms with E-state index >= 15 is 0 Å². The number of hydrogen-bond acceptors (Lipinski definition) is 4. The number of benzene rings is 3. The van der Waals surface area contributed by atoms with Gasteiger partial charge in [0, 0.05) is 43.0 Å². The zero-order chi connectivity index (χ0) is 24.8. The van der Waals surface area contributed by atoms with Gasteiger partial charge in [0.1, 0.15) is 5.75 Å². The Kier molecular flexibility index (Phi) is 7.60. The van der Waals surface area contributed by atoms with Gasteiger partial charge in [0.25, 0.3) is 0 Å². The maximum Gasteiger partial charge on any atom is 0.220 e. The number of hydrogen-bond donors (Lipinski definition) is 1. The van der Waals surface area contributed by atoms with Crippen molar-refractivity contribution >= 4 is 16.8 Å². The van der Waals surface area contributed by atoms with Crippen molar-refractivity contribution in [1.29, 1.82) is 0 Å². The molecule has 0 spiro atoms. The third-order valence-corrected chi connectivity index (χ3v) is 6.39. The summed E-state index contributed by atoms with van der Waals surface area (Å²) in [6.07, 6.45) is 3.19. The summed E-state index contributed by atoms with van der Waals surface area (Å²) in [6.45, 7) is 0.541. The lowest BCUT2D eigenvalue weighted by atomic mass is 9.88. The number of rotatable bonds is 10. The fraction of sp³-hybridized carbons (Fsp3) is 0.276. The van der Waals surface area contributed by atoms with Gasteiger partial charge in [-0.1, -0.05) is 36.4 Å². The quantitative estimate of drug-likeness (QED) is 0.349. The minimum Gasteiger partial charge on any atom is -0.497 e. The minimum atomic E-state index is -0.0758. The summed E-state index contributed by atoms with van der Waals surface area (Å²) in [6, 6.07) is 22.1. The van der Waals surface area contributed by atoms with Crippen LogP contribution in [0, 0.1) is 0 Å². The normalized spacial score (nSPS) is 11.8. The summed E-state index contributed by atoms with van der Waals surface area (Å²) in [4.78, 5) is 13.1. The number of amides is 1.